The highest BCUT2D eigenvalue weighted by molar-refractivity contribution is 6.01. The van der Waals surface area contributed by atoms with Gasteiger partial charge < -0.3 is 10.6 Å². The molecule has 0 unspecified atom stereocenters. The zero-order valence-electron chi connectivity index (χ0n) is 17.0. The molecule has 3 aromatic carbocycles. The van der Waals surface area contributed by atoms with Gasteiger partial charge in [0.05, 0.1) is 0 Å². The molecule has 0 aliphatic heterocycles. The van der Waals surface area contributed by atoms with Crippen molar-refractivity contribution >= 4 is 11.8 Å². The van der Waals surface area contributed by atoms with Crippen molar-refractivity contribution in [1.82, 2.24) is 10.6 Å². The number of rotatable bonds is 5. The molecule has 2 amide bonds. The van der Waals surface area contributed by atoms with Gasteiger partial charge in [0.25, 0.3) is 11.8 Å². The predicted octanol–water partition coefficient (Wildman–Crippen LogP) is 4.27. The van der Waals surface area contributed by atoms with Crippen molar-refractivity contribution in [3.63, 3.8) is 0 Å². The van der Waals surface area contributed by atoms with Crippen molar-refractivity contribution in [2.45, 2.75) is 31.8 Å². The number of amides is 2. The van der Waals surface area contributed by atoms with Crippen LogP contribution in [0.1, 0.15) is 42.3 Å². The van der Waals surface area contributed by atoms with Crippen LogP contribution in [0.2, 0.25) is 0 Å². The van der Waals surface area contributed by atoms with Crippen molar-refractivity contribution < 1.29 is 9.59 Å². The van der Waals surface area contributed by atoms with E-state index in [0.717, 1.165) is 0 Å². The summed E-state index contributed by atoms with van der Waals surface area (Å²) in [6.07, 6.45) is 0. The van der Waals surface area contributed by atoms with Crippen LogP contribution in [-0.2, 0) is 10.3 Å². The lowest BCUT2D eigenvalue weighted by Gasteiger charge is -2.37. The van der Waals surface area contributed by atoms with Crippen LogP contribution < -0.4 is 10.6 Å². The first-order valence-corrected chi connectivity index (χ1v) is 9.64. The molecule has 0 saturated carbocycles. The number of carbonyl (C=O) groups excluding carboxylic acids is 2. The van der Waals surface area contributed by atoms with E-state index in [-0.39, 0.29) is 11.8 Å². The zero-order valence-corrected chi connectivity index (χ0v) is 17.0. The summed E-state index contributed by atoms with van der Waals surface area (Å²) >= 11 is 0. The van der Waals surface area contributed by atoms with E-state index in [1.165, 1.54) is 0 Å². The molecule has 4 heteroatoms. The van der Waals surface area contributed by atoms with Gasteiger partial charge in [-0.2, -0.15) is 0 Å². The molecule has 0 aliphatic carbocycles. The predicted molar refractivity (Wildman–Crippen MR) is 115 cm³/mol. The Labute approximate surface area is 172 Å². The summed E-state index contributed by atoms with van der Waals surface area (Å²) in [5, 5.41) is 6.11. The second kappa shape index (κ2) is 8.31. The van der Waals surface area contributed by atoms with Gasteiger partial charge in [0, 0.05) is 11.1 Å². The molecule has 0 aromatic heterocycles. The van der Waals surface area contributed by atoms with Crippen LogP contribution in [0.25, 0.3) is 0 Å². The fourth-order valence-corrected chi connectivity index (χ4v) is 3.27. The Morgan fingerprint density at radius 1 is 0.621 bits per heavy atom. The molecule has 0 atom stereocenters. The molecule has 3 aromatic rings. The van der Waals surface area contributed by atoms with Gasteiger partial charge in [0.2, 0.25) is 0 Å². The van der Waals surface area contributed by atoms with Crippen molar-refractivity contribution in [3.8, 4) is 0 Å². The van der Waals surface area contributed by atoms with Crippen molar-refractivity contribution in [2.24, 2.45) is 0 Å². The molecular formula is C25H26N2O2. The summed E-state index contributed by atoms with van der Waals surface area (Å²) in [5.74, 6) is -0.603. The molecule has 0 heterocycles. The molecule has 0 saturated heterocycles. The van der Waals surface area contributed by atoms with Crippen LogP contribution in [0, 0.1) is 0 Å². The summed E-state index contributed by atoms with van der Waals surface area (Å²) in [4.78, 5) is 26.9. The summed E-state index contributed by atoms with van der Waals surface area (Å²) < 4.78 is 0. The standard InChI is InChI=1S/C25H26N2O2/c1-24(2,3)27-23(29)25(20-15-9-5-10-16-20,21-17-11-6-12-18-21)26-22(28)19-13-7-4-8-14-19/h4-18H,1-3H3,(H,26,28)(H,27,29). The lowest BCUT2D eigenvalue weighted by molar-refractivity contribution is -0.127. The Balaban J connectivity index is 2.19. The van der Waals surface area contributed by atoms with E-state index in [4.69, 9.17) is 0 Å². The SMILES string of the molecule is CC(C)(C)NC(=O)C(NC(=O)c1ccccc1)(c1ccccc1)c1ccccc1. The minimum absolute atomic E-state index is 0.285. The van der Waals surface area contributed by atoms with Crippen LogP contribution in [0.5, 0.6) is 0 Å². The Hall–Kier alpha value is -3.40. The Morgan fingerprint density at radius 3 is 1.45 bits per heavy atom. The molecule has 4 nitrogen and oxygen atoms in total. The number of nitrogens with one attached hydrogen (secondary N) is 2. The van der Waals surface area contributed by atoms with E-state index in [1.807, 2.05) is 87.5 Å². The number of hydrogen-bond donors (Lipinski definition) is 2. The summed E-state index contributed by atoms with van der Waals surface area (Å²) in [5.41, 5.74) is 0.0355. The third kappa shape index (κ3) is 4.54. The molecule has 0 fully saturated rings. The van der Waals surface area contributed by atoms with E-state index in [9.17, 15) is 9.59 Å². The first-order chi connectivity index (χ1) is 13.8. The monoisotopic (exact) mass is 386 g/mol. The molecular weight excluding hydrogens is 360 g/mol. The highest BCUT2D eigenvalue weighted by atomic mass is 16.2. The van der Waals surface area contributed by atoms with Gasteiger partial charge in [0.15, 0.2) is 5.54 Å². The molecule has 3 rings (SSSR count). The third-order valence-electron chi connectivity index (χ3n) is 4.58. The van der Waals surface area contributed by atoms with E-state index in [1.54, 1.807) is 24.3 Å². The molecule has 148 valence electrons. The lowest BCUT2D eigenvalue weighted by atomic mass is 9.80. The molecule has 0 spiro atoms. The first kappa shape index (κ1) is 20.3. The van der Waals surface area contributed by atoms with Gasteiger partial charge in [0.1, 0.15) is 0 Å². The van der Waals surface area contributed by atoms with Gasteiger partial charge in [-0.25, -0.2) is 0 Å². The summed E-state index contributed by atoms with van der Waals surface area (Å²) in [6.45, 7) is 5.76. The second-order valence-corrected chi connectivity index (χ2v) is 8.01. The lowest BCUT2D eigenvalue weighted by Crippen LogP contribution is -2.60. The maximum atomic E-state index is 13.7. The van der Waals surface area contributed by atoms with Crippen LogP contribution in [0.4, 0.5) is 0 Å². The average Bonchev–Trinajstić information content (AvgIpc) is 2.72. The van der Waals surface area contributed by atoms with Gasteiger partial charge in [-0.05, 0) is 44.0 Å². The van der Waals surface area contributed by atoms with Crippen molar-refractivity contribution in [3.05, 3.63) is 108 Å². The maximum Gasteiger partial charge on any atom is 0.255 e. The minimum atomic E-state index is -1.37. The highest BCUT2D eigenvalue weighted by Gasteiger charge is 2.44. The van der Waals surface area contributed by atoms with Crippen LogP contribution in [0.15, 0.2) is 91.0 Å². The van der Waals surface area contributed by atoms with Crippen molar-refractivity contribution in [2.75, 3.05) is 0 Å². The second-order valence-electron chi connectivity index (χ2n) is 8.01. The summed E-state index contributed by atoms with van der Waals surface area (Å²) in [7, 11) is 0. The minimum Gasteiger partial charge on any atom is -0.349 e. The fourth-order valence-electron chi connectivity index (χ4n) is 3.27. The van der Waals surface area contributed by atoms with Gasteiger partial charge in [-0.15, -0.1) is 0 Å². The normalized spacial score (nSPS) is 11.6. The van der Waals surface area contributed by atoms with Gasteiger partial charge in [-0.3, -0.25) is 9.59 Å². The highest BCUT2D eigenvalue weighted by Crippen LogP contribution is 2.31. The quantitative estimate of drug-likeness (QED) is 0.688. The molecule has 29 heavy (non-hydrogen) atoms. The van der Waals surface area contributed by atoms with E-state index in [2.05, 4.69) is 10.6 Å². The summed E-state index contributed by atoms with van der Waals surface area (Å²) in [6, 6.07) is 27.6. The van der Waals surface area contributed by atoms with E-state index >= 15 is 0 Å². The smallest absolute Gasteiger partial charge is 0.255 e. The van der Waals surface area contributed by atoms with Crippen LogP contribution in [-0.4, -0.2) is 17.4 Å². The fraction of sp³-hybridized carbons (Fsp3) is 0.200. The number of hydrogen-bond acceptors (Lipinski definition) is 2. The Kier molecular flexibility index (Phi) is 5.83. The van der Waals surface area contributed by atoms with Crippen LogP contribution in [0.3, 0.4) is 0 Å². The largest absolute Gasteiger partial charge is 0.349 e. The number of carbonyl (C=O) groups is 2. The third-order valence-corrected chi connectivity index (χ3v) is 4.58. The van der Waals surface area contributed by atoms with Gasteiger partial charge >= 0.3 is 0 Å². The Bertz CT molecular complexity index is 922. The molecule has 0 aliphatic rings. The molecule has 2 N–H and O–H groups in total. The van der Waals surface area contributed by atoms with Crippen molar-refractivity contribution in [1.29, 1.82) is 0 Å². The van der Waals surface area contributed by atoms with Gasteiger partial charge in [-0.1, -0.05) is 78.9 Å². The average molecular weight is 386 g/mol. The molecule has 0 bridgehead atoms. The Morgan fingerprint density at radius 2 is 1.03 bits per heavy atom. The van der Waals surface area contributed by atoms with E-state index < -0.39 is 11.1 Å². The topological polar surface area (TPSA) is 58.2 Å². The van der Waals surface area contributed by atoms with Crippen LogP contribution >= 0.6 is 0 Å². The first-order valence-electron chi connectivity index (χ1n) is 9.64. The maximum absolute atomic E-state index is 13.7. The molecule has 0 radical (unpaired) electrons. The number of benzene rings is 3. The van der Waals surface area contributed by atoms with E-state index in [0.29, 0.717) is 16.7 Å². The zero-order chi connectivity index (χ0) is 20.9.